The standard InChI is InChI=1S/C16H14N4O3/c1-10-6-7-19-14(8-10)17-11(2)15(19)16(21)18-12-4-3-5-13(9-12)20(22)23/h3-9H,1-2H3,(H,18,21). The maximum Gasteiger partial charge on any atom is 0.274 e. The minimum absolute atomic E-state index is 0.0757. The first-order chi connectivity index (χ1) is 11.0. The molecule has 3 aromatic rings. The van der Waals surface area contributed by atoms with Gasteiger partial charge in [-0.3, -0.25) is 19.3 Å². The molecule has 7 heteroatoms. The fourth-order valence-electron chi connectivity index (χ4n) is 2.43. The summed E-state index contributed by atoms with van der Waals surface area (Å²) in [5.74, 6) is -0.362. The molecule has 2 aromatic heterocycles. The first kappa shape index (κ1) is 14.7. The summed E-state index contributed by atoms with van der Waals surface area (Å²) in [6, 6.07) is 9.60. The smallest absolute Gasteiger partial charge is 0.274 e. The fraction of sp³-hybridized carbons (Fsp3) is 0.125. The van der Waals surface area contributed by atoms with Gasteiger partial charge in [-0.1, -0.05) is 6.07 Å². The molecule has 0 saturated heterocycles. The number of imidazole rings is 1. The van der Waals surface area contributed by atoms with Crippen LogP contribution in [0.3, 0.4) is 0 Å². The van der Waals surface area contributed by atoms with E-state index in [1.807, 2.05) is 19.1 Å². The summed E-state index contributed by atoms with van der Waals surface area (Å²) in [6.07, 6.45) is 1.78. The van der Waals surface area contributed by atoms with Gasteiger partial charge in [0.1, 0.15) is 11.3 Å². The molecule has 0 fully saturated rings. The van der Waals surface area contributed by atoms with E-state index in [1.165, 1.54) is 18.2 Å². The fourth-order valence-corrected chi connectivity index (χ4v) is 2.43. The Hall–Kier alpha value is -3.22. The van der Waals surface area contributed by atoms with Crippen LogP contribution in [0.1, 0.15) is 21.7 Å². The van der Waals surface area contributed by atoms with Crippen LogP contribution in [0.25, 0.3) is 5.65 Å². The van der Waals surface area contributed by atoms with Crippen molar-refractivity contribution in [1.82, 2.24) is 9.38 Å². The van der Waals surface area contributed by atoms with Crippen LogP contribution < -0.4 is 5.32 Å². The van der Waals surface area contributed by atoms with E-state index in [-0.39, 0.29) is 11.6 Å². The van der Waals surface area contributed by atoms with Gasteiger partial charge in [-0.15, -0.1) is 0 Å². The number of fused-ring (bicyclic) bond motifs is 1. The molecule has 7 nitrogen and oxygen atoms in total. The van der Waals surface area contributed by atoms with E-state index in [0.717, 1.165) is 5.56 Å². The molecule has 0 atom stereocenters. The number of carbonyl (C=O) groups excluding carboxylic acids is 1. The zero-order chi connectivity index (χ0) is 16.6. The highest BCUT2D eigenvalue weighted by molar-refractivity contribution is 6.04. The van der Waals surface area contributed by atoms with Gasteiger partial charge in [0.05, 0.1) is 10.6 Å². The second-order valence-corrected chi connectivity index (χ2v) is 5.24. The van der Waals surface area contributed by atoms with E-state index in [2.05, 4.69) is 10.3 Å². The number of aromatic nitrogens is 2. The van der Waals surface area contributed by atoms with Crippen molar-refractivity contribution in [3.05, 3.63) is 69.7 Å². The SMILES string of the molecule is Cc1ccn2c(C(=O)Nc3cccc([N+](=O)[O-])c3)c(C)nc2c1. The molecule has 23 heavy (non-hydrogen) atoms. The van der Waals surface area contributed by atoms with E-state index in [4.69, 9.17) is 0 Å². The quantitative estimate of drug-likeness (QED) is 0.594. The number of anilines is 1. The Bertz CT molecular complexity index is 930. The molecule has 1 amide bonds. The van der Waals surface area contributed by atoms with Crippen molar-refractivity contribution >= 4 is 22.9 Å². The lowest BCUT2D eigenvalue weighted by Crippen LogP contribution is -2.15. The zero-order valence-corrected chi connectivity index (χ0v) is 12.6. The molecule has 0 spiro atoms. The molecule has 0 radical (unpaired) electrons. The number of carbonyl (C=O) groups is 1. The van der Waals surface area contributed by atoms with E-state index >= 15 is 0 Å². The Morgan fingerprint density at radius 1 is 1.26 bits per heavy atom. The van der Waals surface area contributed by atoms with Crippen LogP contribution in [0.4, 0.5) is 11.4 Å². The number of amides is 1. The van der Waals surface area contributed by atoms with Gasteiger partial charge in [0.25, 0.3) is 11.6 Å². The van der Waals surface area contributed by atoms with Crippen molar-refractivity contribution in [3.63, 3.8) is 0 Å². The van der Waals surface area contributed by atoms with E-state index in [0.29, 0.717) is 22.7 Å². The highest BCUT2D eigenvalue weighted by atomic mass is 16.6. The molecular weight excluding hydrogens is 296 g/mol. The summed E-state index contributed by atoms with van der Waals surface area (Å²) >= 11 is 0. The van der Waals surface area contributed by atoms with Gasteiger partial charge >= 0.3 is 0 Å². The number of rotatable bonds is 3. The minimum Gasteiger partial charge on any atom is -0.320 e. The normalized spacial score (nSPS) is 10.7. The van der Waals surface area contributed by atoms with E-state index in [1.54, 1.807) is 23.6 Å². The monoisotopic (exact) mass is 310 g/mol. The summed E-state index contributed by atoms with van der Waals surface area (Å²) in [5.41, 5.74) is 3.03. The maximum absolute atomic E-state index is 12.5. The average molecular weight is 310 g/mol. The molecule has 3 rings (SSSR count). The number of hydrogen-bond donors (Lipinski definition) is 1. The van der Waals surface area contributed by atoms with E-state index in [9.17, 15) is 14.9 Å². The number of nitro benzene ring substituents is 1. The topological polar surface area (TPSA) is 89.5 Å². The summed E-state index contributed by atoms with van der Waals surface area (Å²) in [6.45, 7) is 3.71. The lowest BCUT2D eigenvalue weighted by molar-refractivity contribution is -0.384. The number of pyridine rings is 1. The van der Waals surface area contributed by atoms with Crippen molar-refractivity contribution in [1.29, 1.82) is 0 Å². The van der Waals surface area contributed by atoms with Crippen molar-refractivity contribution in [2.75, 3.05) is 5.32 Å². The molecule has 0 aliphatic carbocycles. The van der Waals surface area contributed by atoms with Crippen LogP contribution in [0.2, 0.25) is 0 Å². The number of hydrogen-bond acceptors (Lipinski definition) is 4. The van der Waals surface area contributed by atoms with Gasteiger partial charge < -0.3 is 5.32 Å². The molecule has 1 N–H and O–H groups in total. The van der Waals surface area contributed by atoms with Gasteiger partial charge in [-0.05, 0) is 37.6 Å². The van der Waals surface area contributed by atoms with Crippen LogP contribution in [0.15, 0.2) is 42.6 Å². The Labute approximate surface area is 131 Å². The highest BCUT2D eigenvalue weighted by Gasteiger charge is 2.17. The third-order valence-electron chi connectivity index (χ3n) is 3.49. The van der Waals surface area contributed by atoms with Crippen molar-refractivity contribution in [2.24, 2.45) is 0 Å². The average Bonchev–Trinajstić information content (AvgIpc) is 2.82. The van der Waals surface area contributed by atoms with Gasteiger partial charge in [-0.25, -0.2) is 4.98 Å². The summed E-state index contributed by atoms with van der Waals surface area (Å²) in [5, 5.41) is 13.5. The van der Waals surface area contributed by atoms with Gasteiger partial charge in [-0.2, -0.15) is 0 Å². The third-order valence-corrected chi connectivity index (χ3v) is 3.49. The summed E-state index contributed by atoms with van der Waals surface area (Å²) in [4.78, 5) is 27.2. The molecule has 0 bridgehead atoms. The first-order valence-corrected chi connectivity index (χ1v) is 6.97. The van der Waals surface area contributed by atoms with E-state index < -0.39 is 4.92 Å². The number of aryl methyl sites for hydroxylation is 2. The first-order valence-electron chi connectivity index (χ1n) is 6.97. The number of nitrogens with one attached hydrogen (secondary N) is 1. The highest BCUT2D eigenvalue weighted by Crippen LogP contribution is 2.19. The van der Waals surface area contributed by atoms with Gasteiger partial charge in [0.15, 0.2) is 0 Å². The number of benzene rings is 1. The summed E-state index contributed by atoms with van der Waals surface area (Å²) < 4.78 is 1.70. The number of non-ortho nitro benzene ring substituents is 1. The minimum atomic E-state index is -0.502. The van der Waals surface area contributed by atoms with Crippen molar-refractivity contribution in [3.8, 4) is 0 Å². The third kappa shape index (κ3) is 2.76. The molecule has 0 aliphatic heterocycles. The lowest BCUT2D eigenvalue weighted by atomic mass is 10.2. The summed E-state index contributed by atoms with van der Waals surface area (Å²) in [7, 11) is 0. The van der Waals surface area contributed by atoms with Crippen molar-refractivity contribution in [2.45, 2.75) is 13.8 Å². The van der Waals surface area contributed by atoms with Crippen LogP contribution >= 0.6 is 0 Å². The molecule has 2 heterocycles. The molecule has 0 saturated carbocycles. The predicted molar refractivity (Wildman–Crippen MR) is 85.7 cm³/mol. The van der Waals surface area contributed by atoms with Crippen molar-refractivity contribution < 1.29 is 9.72 Å². The maximum atomic E-state index is 12.5. The molecule has 116 valence electrons. The molecule has 0 aliphatic rings. The molecule has 1 aromatic carbocycles. The lowest BCUT2D eigenvalue weighted by Gasteiger charge is -2.06. The van der Waals surface area contributed by atoms with Crippen LogP contribution in [0, 0.1) is 24.0 Å². The largest absolute Gasteiger partial charge is 0.320 e. The Kier molecular flexibility index (Phi) is 3.53. The second-order valence-electron chi connectivity index (χ2n) is 5.24. The molecular formula is C16H14N4O3. The zero-order valence-electron chi connectivity index (χ0n) is 12.6. The van der Waals surface area contributed by atoms with Crippen LogP contribution in [-0.2, 0) is 0 Å². The van der Waals surface area contributed by atoms with Crippen LogP contribution in [-0.4, -0.2) is 20.2 Å². The number of nitro groups is 1. The predicted octanol–water partition coefficient (Wildman–Crippen LogP) is 3.11. The second kappa shape index (κ2) is 5.53. The Balaban J connectivity index is 1.96. The van der Waals surface area contributed by atoms with Crippen LogP contribution in [0.5, 0.6) is 0 Å². The van der Waals surface area contributed by atoms with Gasteiger partial charge in [0.2, 0.25) is 0 Å². The number of nitrogens with zero attached hydrogens (tertiary/aromatic N) is 3. The molecule has 0 unspecified atom stereocenters. The Morgan fingerprint density at radius 2 is 2.04 bits per heavy atom. The van der Waals surface area contributed by atoms with Gasteiger partial charge in [0, 0.05) is 24.0 Å². The Morgan fingerprint density at radius 3 is 2.78 bits per heavy atom.